The molecule has 0 aliphatic carbocycles. The molecule has 1 aromatic carbocycles. The quantitative estimate of drug-likeness (QED) is 0.552. The van der Waals surface area contributed by atoms with Crippen molar-refractivity contribution in [2.75, 3.05) is 22.6 Å². The molecule has 7 heteroatoms. The SMILES string of the molecule is CCCCCS(=O)CCC(=O)Nc1c(Cl)cc(N)cc1Cl. The van der Waals surface area contributed by atoms with Crippen LogP contribution in [0, 0.1) is 0 Å². The molecule has 1 aromatic rings. The van der Waals surface area contributed by atoms with Crippen molar-refractivity contribution >= 4 is 51.3 Å². The summed E-state index contributed by atoms with van der Waals surface area (Å²) >= 11 is 12.0. The number of rotatable bonds is 8. The third-order valence-electron chi connectivity index (χ3n) is 2.86. The van der Waals surface area contributed by atoms with Crippen molar-refractivity contribution in [2.24, 2.45) is 0 Å². The van der Waals surface area contributed by atoms with Crippen LogP contribution in [0.4, 0.5) is 11.4 Å². The summed E-state index contributed by atoms with van der Waals surface area (Å²) in [6.07, 6.45) is 3.26. The van der Waals surface area contributed by atoms with Gasteiger partial charge in [-0.05, 0) is 18.6 Å². The van der Waals surface area contributed by atoms with Crippen LogP contribution in [0.15, 0.2) is 12.1 Å². The van der Waals surface area contributed by atoms with E-state index in [1.165, 1.54) is 12.1 Å². The van der Waals surface area contributed by atoms with Crippen LogP contribution >= 0.6 is 23.2 Å². The molecule has 0 bridgehead atoms. The molecule has 1 atom stereocenters. The maximum atomic E-state index is 11.8. The summed E-state index contributed by atoms with van der Waals surface area (Å²) in [5.41, 5.74) is 6.37. The van der Waals surface area contributed by atoms with Gasteiger partial charge in [0.1, 0.15) is 0 Å². The first-order valence-electron chi connectivity index (χ1n) is 6.83. The third kappa shape index (κ3) is 6.68. The highest BCUT2D eigenvalue weighted by Gasteiger charge is 2.12. The van der Waals surface area contributed by atoms with E-state index >= 15 is 0 Å². The van der Waals surface area contributed by atoms with E-state index in [0.29, 0.717) is 22.9 Å². The fourth-order valence-corrected chi connectivity index (χ4v) is 3.48. The van der Waals surface area contributed by atoms with Gasteiger partial charge >= 0.3 is 0 Å². The molecule has 0 saturated heterocycles. The minimum Gasteiger partial charge on any atom is -0.399 e. The van der Waals surface area contributed by atoms with Crippen LogP contribution in [-0.2, 0) is 15.6 Å². The van der Waals surface area contributed by atoms with Gasteiger partial charge in [0.25, 0.3) is 0 Å². The number of benzene rings is 1. The minimum atomic E-state index is -0.961. The molecule has 4 nitrogen and oxygen atoms in total. The van der Waals surface area contributed by atoms with Crippen molar-refractivity contribution in [1.29, 1.82) is 0 Å². The number of amides is 1. The van der Waals surface area contributed by atoms with Gasteiger partial charge < -0.3 is 11.1 Å². The van der Waals surface area contributed by atoms with Crippen molar-refractivity contribution in [3.8, 4) is 0 Å². The number of nitrogens with one attached hydrogen (secondary N) is 1. The average molecular weight is 351 g/mol. The number of hydrogen-bond acceptors (Lipinski definition) is 3. The van der Waals surface area contributed by atoms with E-state index < -0.39 is 10.8 Å². The van der Waals surface area contributed by atoms with Crippen LogP contribution in [0.1, 0.15) is 32.6 Å². The molecule has 1 unspecified atom stereocenters. The van der Waals surface area contributed by atoms with Crippen LogP contribution in [0.3, 0.4) is 0 Å². The topological polar surface area (TPSA) is 72.2 Å². The van der Waals surface area contributed by atoms with E-state index in [4.69, 9.17) is 28.9 Å². The van der Waals surface area contributed by atoms with E-state index in [1.54, 1.807) is 0 Å². The summed E-state index contributed by atoms with van der Waals surface area (Å²) in [4.78, 5) is 11.8. The van der Waals surface area contributed by atoms with Crippen molar-refractivity contribution in [1.82, 2.24) is 0 Å². The standard InChI is InChI=1S/C14H20Cl2N2O2S/c1-2-3-4-6-21(20)7-5-13(19)18-14-11(15)8-10(17)9-12(14)16/h8-9H,2-7,17H2,1H3,(H,18,19). The zero-order chi connectivity index (χ0) is 15.8. The van der Waals surface area contributed by atoms with Gasteiger partial charge in [0.05, 0.1) is 15.7 Å². The Morgan fingerprint density at radius 2 is 1.86 bits per heavy atom. The largest absolute Gasteiger partial charge is 0.399 e. The van der Waals surface area contributed by atoms with Gasteiger partial charge in [0, 0.05) is 34.4 Å². The molecule has 0 saturated carbocycles. The number of carbonyl (C=O) groups excluding carboxylic acids is 1. The number of halogens is 2. The molecule has 21 heavy (non-hydrogen) atoms. The van der Waals surface area contributed by atoms with Gasteiger partial charge in [0.15, 0.2) is 0 Å². The third-order valence-corrected chi connectivity index (χ3v) is 4.86. The Morgan fingerprint density at radius 3 is 2.43 bits per heavy atom. The summed E-state index contributed by atoms with van der Waals surface area (Å²) in [6.45, 7) is 2.09. The van der Waals surface area contributed by atoms with Crippen molar-refractivity contribution < 1.29 is 9.00 Å². The van der Waals surface area contributed by atoms with Crippen molar-refractivity contribution in [3.05, 3.63) is 22.2 Å². The Bertz CT molecular complexity index is 501. The lowest BCUT2D eigenvalue weighted by Gasteiger charge is -2.10. The van der Waals surface area contributed by atoms with E-state index in [1.807, 2.05) is 0 Å². The maximum Gasteiger partial charge on any atom is 0.225 e. The summed E-state index contributed by atoms with van der Waals surface area (Å²) in [6, 6.07) is 3.04. The Balaban J connectivity index is 2.46. The van der Waals surface area contributed by atoms with Crippen LogP contribution in [0.5, 0.6) is 0 Å². The smallest absolute Gasteiger partial charge is 0.225 e. The van der Waals surface area contributed by atoms with Gasteiger partial charge in [-0.3, -0.25) is 9.00 Å². The fraction of sp³-hybridized carbons (Fsp3) is 0.500. The van der Waals surface area contributed by atoms with Gasteiger partial charge in [-0.25, -0.2) is 0 Å². The first-order valence-corrected chi connectivity index (χ1v) is 9.07. The molecule has 118 valence electrons. The van der Waals surface area contributed by atoms with Crippen LogP contribution in [-0.4, -0.2) is 21.6 Å². The Kier molecular flexibility index (Phi) is 8.07. The van der Waals surface area contributed by atoms with Gasteiger partial charge in [-0.1, -0.05) is 43.0 Å². The number of carbonyl (C=O) groups is 1. The molecule has 0 fully saturated rings. The molecule has 0 aromatic heterocycles. The Labute approximate surface area is 137 Å². The predicted molar refractivity (Wildman–Crippen MR) is 91.5 cm³/mol. The second-order valence-corrected chi connectivity index (χ2v) is 7.22. The molecule has 0 radical (unpaired) electrons. The minimum absolute atomic E-state index is 0.176. The number of nitrogens with two attached hydrogens (primary N) is 1. The van der Waals surface area contributed by atoms with Gasteiger partial charge in [-0.15, -0.1) is 0 Å². The molecule has 3 N–H and O–H groups in total. The van der Waals surface area contributed by atoms with Gasteiger partial charge in [-0.2, -0.15) is 0 Å². The number of nitrogen functional groups attached to an aromatic ring is 1. The Morgan fingerprint density at radius 1 is 1.24 bits per heavy atom. The maximum absolute atomic E-state index is 11.8. The highest BCUT2D eigenvalue weighted by molar-refractivity contribution is 7.84. The van der Waals surface area contributed by atoms with Crippen molar-refractivity contribution in [2.45, 2.75) is 32.6 Å². The monoisotopic (exact) mass is 350 g/mol. The highest BCUT2D eigenvalue weighted by Crippen LogP contribution is 2.32. The molecule has 0 heterocycles. The van der Waals surface area contributed by atoms with E-state index in [-0.39, 0.29) is 22.4 Å². The van der Waals surface area contributed by atoms with Crippen LogP contribution in [0.25, 0.3) is 0 Å². The fourth-order valence-electron chi connectivity index (χ4n) is 1.74. The molecule has 1 rings (SSSR count). The molecule has 0 aliphatic rings. The molecule has 0 aliphatic heterocycles. The summed E-state index contributed by atoms with van der Waals surface area (Å²) in [5, 5.41) is 3.21. The predicted octanol–water partition coefficient (Wildman–Crippen LogP) is 3.84. The van der Waals surface area contributed by atoms with Crippen LogP contribution in [0.2, 0.25) is 10.0 Å². The molecule has 0 spiro atoms. The normalized spacial score (nSPS) is 12.1. The number of unbranched alkanes of at least 4 members (excludes halogenated alkanes) is 2. The number of hydrogen-bond donors (Lipinski definition) is 2. The summed E-state index contributed by atoms with van der Waals surface area (Å²) in [5.74, 6) is 0.733. The number of anilines is 2. The lowest BCUT2D eigenvalue weighted by Crippen LogP contribution is -2.16. The van der Waals surface area contributed by atoms with E-state index in [2.05, 4.69) is 12.2 Å². The molecule has 1 amide bonds. The summed E-state index contributed by atoms with van der Waals surface area (Å²) in [7, 11) is -0.961. The van der Waals surface area contributed by atoms with Crippen molar-refractivity contribution in [3.63, 3.8) is 0 Å². The zero-order valence-corrected chi connectivity index (χ0v) is 14.3. The van der Waals surface area contributed by atoms with E-state index in [9.17, 15) is 9.00 Å². The highest BCUT2D eigenvalue weighted by atomic mass is 35.5. The molecular weight excluding hydrogens is 331 g/mol. The second kappa shape index (κ2) is 9.28. The van der Waals surface area contributed by atoms with Gasteiger partial charge in [0.2, 0.25) is 5.91 Å². The first-order chi connectivity index (χ1) is 9.93. The van der Waals surface area contributed by atoms with Crippen LogP contribution < -0.4 is 11.1 Å². The lowest BCUT2D eigenvalue weighted by molar-refractivity contribution is -0.115. The van der Waals surface area contributed by atoms with E-state index in [0.717, 1.165) is 19.3 Å². The summed E-state index contributed by atoms with van der Waals surface area (Å²) < 4.78 is 11.7. The molecular formula is C14H20Cl2N2O2S. The average Bonchev–Trinajstić information content (AvgIpc) is 2.41. The zero-order valence-electron chi connectivity index (χ0n) is 12.0. The second-order valence-electron chi connectivity index (χ2n) is 4.71. The Hall–Kier alpha value is -0.780. The first kappa shape index (κ1) is 18.3. The lowest BCUT2D eigenvalue weighted by atomic mass is 10.2.